The summed E-state index contributed by atoms with van der Waals surface area (Å²) in [5, 5.41) is 15.1. The van der Waals surface area contributed by atoms with Crippen LogP contribution in [0.15, 0.2) is 53.6 Å². The second kappa shape index (κ2) is 7.95. The molecule has 1 amide bonds. The first-order valence-electron chi connectivity index (χ1n) is 10.5. The molecule has 0 bridgehead atoms. The van der Waals surface area contributed by atoms with Crippen LogP contribution < -0.4 is 5.46 Å². The minimum absolute atomic E-state index is 0.0579. The summed E-state index contributed by atoms with van der Waals surface area (Å²) in [4.78, 5) is 12.9. The van der Waals surface area contributed by atoms with Crippen molar-refractivity contribution in [3.05, 3.63) is 65.2 Å². The predicted molar refractivity (Wildman–Crippen MR) is 120 cm³/mol. The summed E-state index contributed by atoms with van der Waals surface area (Å²) in [5.74, 6) is -0.0579. The van der Waals surface area contributed by atoms with Gasteiger partial charge in [0.2, 0.25) is 5.91 Å². The van der Waals surface area contributed by atoms with Gasteiger partial charge in [0.05, 0.1) is 41.5 Å². The van der Waals surface area contributed by atoms with Crippen molar-refractivity contribution in [2.45, 2.75) is 51.7 Å². The minimum atomic E-state index is -0.455. The molecular formula is C24H26BN3O3. The van der Waals surface area contributed by atoms with E-state index in [2.05, 4.69) is 11.2 Å². The van der Waals surface area contributed by atoms with Gasteiger partial charge in [0.1, 0.15) is 0 Å². The Morgan fingerprint density at radius 2 is 1.84 bits per heavy atom. The number of carbonyl (C=O) groups is 1. The summed E-state index contributed by atoms with van der Waals surface area (Å²) in [6.07, 6.45) is 0.928. The third-order valence-corrected chi connectivity index (χ3v) is 6.25. The van der Waals surface area contributed by atoms with Crippen LogP contribution in [-0.2, 0) is 20.5 Å². The Hall–Kier alpha value is -2.95. The van der Waals surface area contributed by atoms with Crippen LogP contribution in [0.2, 0.25) is 0 Å². The molecule has 2 aromatic rings. The van der Waals surface area contributed by atoms with E-state index >= 15 is 0 Å². The number of nitriles is 1. The summed E-state index contributed by atoms with van der Waals surface area (Å²) in [5.41, 5.74) is 3.29. The van der Waals surface area contributed by atoms with Crippen molar-refractivity contribution in [2.24, 2.45) is 5.10 Å². The molecule has 0 spiro atoms. The lowest BCUT2D eigenvalue weighted by atomic mass is 9.78. The smallest absolute Gasteiger partial charge is 0.399 e. The first kappa shape index (κ1) is 21.3. The standard InChI is InChI=1S/C24H26BN3O3/c1-23(2)24(3,4)31-25(30-23)20-10-6-7-17(14-20)15-22(29)28-12-11-21(27-28)19-9-5-8-18(13-19)16-26/h5-10,13-14H,11-12,15H2,1-4H3. The van der Waals surface area contributed by atoms with E-state index in [-0.39, 0.29) is 12.3 Å². The molecule has 0 aliphatic carbocycles. The van der Waals surface area contributed by atoms with Crippen molar-refractivity contribution < 1.29 is 14.1 Å². The number of hydrazone groups is 1. The van der Waals surface area contributed by atoms with Crippen molar-refractivity contribution in [3.8, 4) is 6.07 Å². The molecule has 7 heteroatoms. The van der Waals surface area contributed by atoms with E-state index in [4.69, 9.17) is 14.6 Å². The molecule has 2 aliphatic rings. The summed E-state index contributed by atoms with van der Waals surface area (Å²) < 4.78 is 12.3. The monoisotopic (exact) mass is 415 g/mol. The molecule has 1 fully saturated rings. The van der Waals surface area contributed by atoms with Crippen LogP contribution in [0.1, 0.15) is 50.8 Å². The molecule has 6 nitrogen and oxygen atoms in total. The maximum atomic E-state index is 12.9. The number of rotatable bonds is 4. The predicted octanol–water partition coefficient (Wildman–Crippen LogP) is 3.04. The molecule has 2 aliphatic heterocycles. The summed E-state index contributed by atoms with van der Waals surface area (Å²) in [6.45, 7) is 8.64. The van der Waals surface area contributed by atoms with Crippen LogP contribution in [0.4, 0.5) is 0 Å². The fourth-order valence-corrected chi connectivity index (χ4v) is 3.70. The lowest BCUT2D eigenvalue weighted by Crippen LogP contribution is -2.41. The Labute approximate surface area is 183 Å². The highest BCUT2D eigenvalue weighted by atomic mass is 16.7. The normalized spacial score (nSPS) is 19.3. The number of carbonyl (C=O) groups excluding carboxylic acids is 1. The lowest BCUT2D eigenvalue weighted by molar-refractivity contribution is -0.130. The van der Waals surface area contributed by atoms with Crippen LogP contribution in [0.3, 0.4) is 0 Å². The van der Waals surface area contributed by atoms with E-state index in [1.807, 2.05) is 64.1 Å². The molecular weight excluding hydrogens is 389 g/mol. The third kappa shape index (κ3) is 4.27. The molecule has 0 unspecified atom stereocenters. The van der Waals surface area contributed by atoms with Crippen LogP contribution in [0.5, 0.6) is 0 Å². The van der Waals surface area contributed by atoms with E-state index in [9.17, 15) is 4.79 Å². The maximum absolute atomic E-state index is 12.9. The van der Waals surface area contributed by atoms with Gasteiger partial charge < -0.3 is 9.31 Å². The number of hydrogen-bond donors (Lipinski definition) is 0. The van der Waals surface area contributed by atoms with Crippen LogP contribution in [0.25, 0.3) is 0 Å². The number of nitrogens with zero attached hydrogens (tertiary/aromatic N) is 3. The average Bonchev–Trinajstić information content (AvgIpc) is 3.31. The van der Waals surface area contributed by atoms with Gasteiger partial charge >= 0.3 is 7.12 Å². The van der Waals surface area contributed by atoms with Crippen LogP contribution >= 0.6 is 0 Å². The molecule has 2 heterocycles. The maximum Gasteiger partial charge on any atom is 0.494 e. The van der Waals surface area contributed by atoms with Gasteiger partial charge in [0.25, 0.3) is 0 Å². The second-order valence-corrected chi connectivity index (χ2v) is 9.02. The quantitative estimate of drug-likeness (QED) is 0.720. The van der Waals surface area contributed by atoms with Crippen LogP contribution in [0, 0.1) is 11.3 Å². The van der Waals surface area contributed by atoms with Crippen LogP contribution in [-0.4, -0.2) is 41.5 Å². The molecule has 31 heavy (non-hydrogen) atoms. The molecule has 0 N–H and O–H groups in total. The van der Waals surface area contributed by atoms with Crippen molar-refractivity contribution in [2.75, 3.05) is 6.54 Å². The molecule has 1 saturated heterocycles. The van der Waals surface area contributed by atoms with E-state index in [1.165, 1.54) is 5.01 Å². The highest BCUT2D eigenvalue weighted by Crippen LogP contribution is 2.36. The van der Waals surface area contributed by atoms with Gasteiger partial charge in [-0.05, 0) is 56.4 Å². The fraction of sp³-hybridized carbons (Fsp3) is 0.375. The number of benzene rings is 2. The van der Waals surface area contributed by atoms with Crippen molar-refractivity contribution >= 4 is 24.2 Å². The van der Waals surface area contributed by atoms with Crippen molar-refractivity contribution in [3.63, 3.8) is 0 Å². The number of amides is 1. The largest absolute Gasteiger partial charge is 0.494 e. The lowest BCUT2D eigenvalue weighted by Gasteiger charge is -2.32. The third-order valence-electron chi connectivity index (χ3n) is 6.25. The minimum Gasteiger partial charge on any atom is -0.399 e. The Kier molecular flexibility index (Phi) is 5.46. The Morgan fingerprint density at radius 1 is 1.13 bits per heavy atom. The molecule has 0 atom stereocenters. The van der Waals surface area contributed by atoms with Gasteiger partial charge in [0.15, 0.2) is 0 Å². The van der Waals surface area contributed by atoms with Gasteiger partial charge in [-0.1, -0.05) is 36.4 Å². The first-order valence-corrected chi connectivity index (χ1v) is 10.5. The zero-order chi connectivity index (χ0) is 22.2. The van der Waals surface area contributed by atoms with Gasteiger partial charge in [-0.2, -0.15) is 10.4 Å². The van der Waals surface area contributed by atoms with Gasteiger partial charge in [0, 0.05) is 6.42 Å². The summed E-state index contributed by atoms with van der Waals surface area (Å²) >= 11 is 0. The van der Waals surface area contributed by atoms with Gasteiger partial charge in [-0.3, -0.25) is 4.79 Å². The summed E-state index contributed by atoms with van der Waals surface area (Å²) in [6, 6.07) is 17.3. The molecule has 158 valence electrons. The Morgan fingerprint density at radius 3 is 2.55 bits per heavy atom. The summed E-state index contributed by atoms with van der Waals surface area (Å²) in [7, 11) is -0.455. The molecule has 2 aromatic carbocycles. The number of hydrogen-bond acceptors (Lipinski definition) is 5. The van der Waals surface area contributed by atoms with Gasteiger partial charge in [-0.25, -0.2) is 5.01 Å². The van der Waals surface area contributed by atoms with E-state index in [1.54, 1.807) is 12.1 Å². The molecule has 0 saturated carbocycles. The van der Waals surface area contributed by atoms with Crippen molar-refractivity contribution in [1.82, 2.24) is 5.01 Å². The highest BCUT2D eigenvalue weighted by molar-refractivity contribution is 6.62. The van der Waals surface area contributed by atoms with E-state index in [0.717, 1.165) is 22.3 Å². The molecule has 0 radical (unpaired) electrons. The zero-order valence-corrected chi connectivity index (χ0v) is 18.4. The Balaban J connectivity index is 1.46. The molecule has 0 aromatic heterocycles. The second-order valence-electron chi connectivity index (χ2n) is 9.02. The van der Waals surface area contributed by atoms with Crippen molar-refractivity contribution in [1.29, 1.82) is 5.26 Å². The topological polar surface area (TPSA) is 74.9 Å². The Bertz CT molecular complexity index is 1070. The van der Waals surface area contributed by atoms with E-state index < -0.39 is 18.3 Å². The van der Waals surface area contributed by atoms with E-state index in [0.29, 0.717) is 18.5 Å². The molecule has 4 rings (SSSR count). The van der Waals surface area contributed by atoms with Gasteiger partial charge in [-0.15, -0.1) is 0 Å². The fourth-order valence-electron chi connectivity index (χ4n) is 3.70. The zero-order valence-electron chi connectivity index (χ0n) is 18.4. The highest BCUT2D eigenvalue weighted by Gasteiger charge is 2.51. The SMILES string of the molecule is CC1(C)OB(c2cccc(CC(=O)N3CCC(c4cccc(C#N)c4)=N3)c2)OC1(C)C. The average molecular weight is 415 g/mol. The first-order chi connectivity index (χ1) is 14.7.